The molecular formula is C20H30O4. The topological polar surface area (TPSA) is 74.6 Å². The highest BCUT2D eigenvalue weighted by Crippen LogP contribution is 2.02. The SMILES string of the molecule is CCC=CCC=CCC(=O)C(O)CC=CC/C=C\CCCC(=O)O. The molecule has 0 bridgehead atoms. The Balaban J connectivity index is 3.76. The molecule has 0 radical (unpaired) electrons. The molecule has 4 nitrogen and oxygen atoms in total. The highest BCUT2D eigenvalue weighted by molar-refractivity contribution is 5.84. The Morgan fingerprint density at radius 3 is 2.21 bits per heavy atom. The maximum absolute atomic E-state index is 11.7. The maximum Gasteiger partial charge on any atom is 0.303 e. The van der Waals surface area contributed by atoms with Gasteiger partial charge in [-0.2, -0.15) is 0 Å². The highest BCUT2D eigenvalue weighted by atomic mass is 16.4. The van der Waals surface area contributed by atoms with E-state index in [1.54, 1.807) is 12.2 Å². The molecule has 0 spiro atoms. The summed E-state index contributed by atoms with van der Waals surface area (Å²) in [6.07, 6.45) is 19.2. The second-order valence-corrected chi connectivity index (χ2v) is 5.47. The summed E-state index contributed by atoms with van der Waals surface area (Å²) in [5.41, 5.74) is 0. The minimum Gasteiger partial charge on any atom is -0.481 e. The highest BCUT2D eigenvalue weighted by Gasteiger charge is 2.10. The number of carbonyl (C=O) groups excluding carboxylic acids is 1. The van der Waals surface area contributed by atoms with Crippen molar-refractivity contribution in [3.05, 3.63) is 48.6 Å². The molecule has 0 aromatic heterocycles. The minimum atomic E-state index is -0.948. The molecule has 0 rings (SSSR count). The summed E-state index contributed by atoms with van der Waals surface area (Å²) in [6, 6.07) is 0. The van der Waals surface area contributed by atoms with E-state index in [4.69, 9.17) is 5.11 Å². The Bertz CT molecular complexity index is 458. The van der Waals surface area contributed by atoms with Gasteiger partial charge in [-0.3, -0.25) is 9.59 Å². The molecule has 1 unspecified atom stereocenters. The van der Waals surface area contributed by atoms with Gasteiger partial charge in [-0.05, 0) is 38.5 Å². The Kier molecular flexibility index (Phi) is 14.6. The third-order valence-electron chi connectivity index (χ3n) is 3.26. The van der Waals surface area contributed by atoms with E-state index in [9.17, 15) is 14.7 Å². The molecule has 0 aliphatic carbocycles. The Morgan fingerprint density at radius 2 is 1.54 bits per heavy atom. The number of aliphatic hydroxyl groups excluding tert-OH is 1. The van der Waals surface area contributed by atoms with E-state index in [0.29, 0.717) is 12.8 Å². The van der Waals surface area contributed by atoms with Crippen LogP contribution in [0.5, 0.6) is 0 Å². The zero-order valence-corrected chi connectivity index (χ0v) is 14.6. The second-order valence-electron chi connectivity index (χ2n) is 5.47. The van der Waals surface area contributed by atoms with E-state index in [1.165, 1.54) is 0 Å². The van der Waals surface area contributed by atoms with Gasteiger partial charge in [0.25, 0.3) is 0 Å². The van der Waals surface area contributed by atoms with Crippen molar-refractivity contribution in [2.45, 2.75) is 64.4 Å². The van der Waals surface area contributed by atoms with Crippen LogP contribution in [-0.4, -0.2) is 28.1 Å². The standard InChI is InChI=1S/C20H30O4/c1-2-3-4-5-9-12-15-18(21)19(22)16-13-10-7-6-8-11-14-17-20(23)24/h3-4,6,8-10,12-13,19,22H,2,5,7,11,14-17H2,1H3,(H,23,24)/b4-3?,8-6-,12-9?,13-10?. The van der Waals surface area contributed by atoms with Crippen molar-refractivity contribution in [3.63, 3.8) is 0 Å². The van der Waals surface area contributed by atoms with Crippen LogP contribution in [0.3, 0.4) is 0 Å². The van der Waals surface area contributed by atoms with Crippen molar-refractivity contribution in [3.8, 4) is 0 Å². The number of hydrogen-bond acceptors (Lipinski definition) is 3. The number of Topliss-reactive ketones (excluding diaryl/α,β-unsaturated/α-hetero) is 1. The molecule has 0 amide bonds. The van der Waals surface area contributed by atoms with Crippen molar-refractivity contribution in [1.82, 2.24) is 0 Å². The molecule has 1 atom stereocenters. The molecule has 2 N–H and O–H groups in total. The Morgan fingerprint density at radius 1 is 0.917 bits per heavy atom. The fraction of sp³-hybridized carbons (Fsp3) is 0.500. The number of carboxylic acid groups (broad SMARTS) is 1. The van der Waals surface area contributed by atoms with Crippen LogP contribution >= 0.6 is 0 Å². The van der Waals surface area contributed by atoms with Crippen LogP contribution in [0.25, 0.3) is 0 Å². The predicted molar refractivity (Wildman–Crippen MR) is 97.8 cm³/mol. The maximum atomic E-state index is 11.7. The zero-order valence-electron chi connectivity index (χ0n) is 14.6. The number of aliphatic hydroxyl groups is 1. The largest absolute Gasteiger partial charge is 0.481 e. The third-order valence-corrected chi connectivity index (χ3v) is 3.26. The molecule has 0 aromatic carbocycles. The number of hydrogen-bond donors (Lipinski definition) is 2. The van der Waals surface area contributed by atoms with Crippen molar-refractivity contribution in [1.29, 1.82) is 0 Å². The van der Waals surface area contributed by atoms with Crippen LogP contribution in [0.15, 0.2) is 48.6 Å². The van der Waals surface area contributed by atoms with E-state index in [2.05, 4.69) is 19.1 Å². The number of rotatable bonds is 14. The van der Waals surface area contributed by atoms with E-state index < -0.39 is 12.1 Å². The summed E-state index contributed by atoms with van der Waals surface area (Å²) < 4.78 is 0. The number of carboxylic acids is 1. The van der Waals surface area contributed by atoms with Crippen LogP contribution in [0.1, 0.15) is 58.3 Å². The summed E-state index contributed by atoms with van der Waals surface area (Å²) in [7, 11) is 0. The van der Waals surface area contributed by atoms with Gasteiger partial charge in [-0.25, -0.2) is 0 Å². The average molecular weight is 334 g/mol. The van der Waals surface area contributed by atoms with E-state index in [-0.39, 0.29) is 18.6 Å². The third kappa shape index (κ3) is 15.0. The normalized spacial score (nSPS) is 13.6. The fourth-order valence-corrected chi connectivity index (χ4v) is 1.89. The first kappa shape index (κ1) is 22.1. The lowest BCUT2D eigenvalue weighted by Gasteiger charge is -2.04. The van der Waals surface area contributed by atoms with Gasteiger partial charge in [0.2, 0.25) is 0 Å². The summed E-state index contributed by atoms with van der Waals surface area (Å²) in [4.78, 5) is 22.0. The summed E-state index contributed by atoms with van der Waals surface area (Å²) in [5.74, 6) is -0.936. The molecular weight excluding hydrogens is 304 g/mol. The van der Waals surface area contributed by atoms with Gasteiger partial charge in [-0.15, -0.1) is 0 Å². The van der Waals surface area contributed by atoms with E-state index >= 15 is 0 Å². The molecule has 0 saturated heterocycles. The Labute approximate surface area is 145 Å². The van der Waals surface area contributed by atoms with Gasteiger partial charge < -0.3 is 10.2 Å². The molecule has 0 aromatic rings. The first-order valence-electron chi connectivity index (χ1n) is 8.60. The number of carbonyl (C=O) groups is 2. The van der Waals surface area contributed by atoms with Crippen LogP contribution in [0.4, 0.5) is 0 Å². The lowest BCUT2D eigenvalue weighted by atomic mass is 10.1. The number of allylic oxidation sites excluding steroid dienone is 7. The lowest BCUT2D eigenvalue weighted by molar-refractivity contribution is -0.137. The van der Waals surface area contributed by atoms with Gasteiger partial charge >= 0.3 is 5.97 Å². The summed E-state index contributed by atoms with van der Waals surface area (Å²) in [5, 5.41) is 18.3. The van der Waals surface area contributed by atoms with Crippen LogP contribution in [-0.2, 0) is 9.59 Å². The number of aliphatic carboxylic acids is 1. The first-order valence-corrected chi connectivity index (χ1v) is 8.60. The van der Waals surface area contributed by atoms with Crippen molar-refractivity contribution >= 4 is 11.8 Å². The molecule has 0 heterocycles. The van der Waals surface area contributed by atoms with E-state index in [0.717, 1.165) is 25.7 Å². The van der Waals surface area contributed by atoms with Gasteiger partial charge in [0, 0.05) is 12.8 Å². The van der Waals surface area contributed by atoms with Crippen molar-refractivity contribution < 1.29 is 19.8 Å². The summed E-state index contributed by atoms with van der Waals surface area (Å²) >= 11 is 0. The molecule has 0 aliphatic heterocycles. The van der Waals surface area contributed by atoms with Gasteiger partial charge in [0.15, 0.2) is 5.78 Å². The Hall–Kier alpha value is -1.94. The minimum absolute atomic E-state index is 0.167. The van der Waals surface area contributed by atoms with Gasteiger partial charge in [0.05, 0.1) is 0 Å². The zero-order chi connectivity index (χ0) is 18.0. The average Bonchev–Trinajstić information content (AvgIpc) is 2.55. The monoisotopic (exact) mass is 334 g/mol. The lowest BCUT2D eigenvalue weighted by Crippen LogP contribution is -2.18. The fourth-order valence-electron chi connectivity index (χ4n) is 1.89. The molecule has 134 valence electrons. The smallest absolute Gasteiger partial charge is 0.303 e. The van der Waals surface area contributed by atoms with Crippen LogP contribution in [0.2, 0.25) is 0 Å². The first-order chi connectivity index (χ1) is 11.6. The predicted octanol–water partition coefficient (Wildman–Crippen LogP) is 4.37. The van der Waals surface area contributed by atoms with Crippen molar-refractivity contribution in [2.75, 3.05) is 0 Å². The summed E-state index contributed by atoms with van der Waals surface area (Å²) in [6.45, 7) is 2.07. The van der Waals surface area contributed by atoms with Gasteiger partial charge in [-0.1, -0.05) is 55.5 Å². The number of ketones is 1. The molecule has 4 heteroatoms. The quantitative estimate of drug-likeness (QED) is 0.365. The molecule has 0 saturated carbocycles. The van der Waals surface area contributed by atoms with Crippen molar-refractivity contribution in [2.24, 2.45) is 0 Å². The molecule has 0 fully saturated rings. The molecule has 0 aliphatic rings. The van der Waals surface area contributed by atoms with Crippen LogP contribution in [0, 0.1) is 0 Å². The van der Waals surface area contributed by atoms with Gasteiger partial charge in [0.1, 0.15) is 6.10 Å². The molecule has 24 heavy (non-hydrogen) atoms. The van der Waals surface area contributed by atoms with E-state index in [1.807, 2.05) is 24.3 Å². The second kappa shape index (κ2) is 15.9. The number of unbranched alkanes of at least 4 members (excludes halogenated alkanes) is 1. The van der Waals surface area contributed by atoms with Crippen LogP contribution < -0.4 is 0 Å².